The van der Waals surface area contributed by atoms with E-state index in [0.29, 0.717) is 35.7 Å². The summed E-state index contributed by atoms with van der Waals surface area (Å²) in [5.74, 6) is 3.49. The highest BCUT2D eigenvalue weighted by Gasteiger charge is 2.17. The fourth-order valence-electron chi connectivity index (χ4n) is 3.00. The fourth-order valence-corrected chi connectivity index (χ4v) is 3.00. The van der Waals surface area contributed by atoms with Gasteiger partial charge in [0.2, 0.25) is 6.79 Å². The Hall–Kier alpha value is -3.62. The lowest BCUT2D eigenvalue weighted by Gasteiger charge is -2.10. The highest BCUT2D eigenvalue weighted by molar-refractivity contribution is 5.60. The van der Waals surface area contributed by atoms with Crippen LogP contribution in [0.3, 0.4) is 0 Å². The SMILES string of the molecule is CC(C)c1cc(NCc2noc(-c3ccc4c(c3)OCO4)n2)n2nccc2n1. The van der Waals surface area contributed by atoms with Crippen LogP contribution in [0.15, 0.2) is 41.1 Å². The Balaban J connectivity index is 1.37. The second kappa shape index (κ2) is 6.52. The summed E-state index contributed by atoms with van der Waals surface area (Å²) in [5.41, 5.74) is 2.57. The van der Waals surface area contributed by atoms with Gasteiger partial charge in [-0.3, -0.25) is 0 Å². The van der Waals surface area contributed by atoms with E-state index < -0.39 is 0 Å². The summed E-state index contributed by atoms with van der Waals surface area (Å²) >= 11 is 0. The first-order chi connectivity index (χ1) is 13.7. The van der Waals surface area contributed by atoms with Crippen LogP contribution in [0.25, 0.3) is 17.1 Å². The maximum Gasteiger partial charge on any atom is 0.258 e. The van der Waals surface area contributed by atoms with Crippen molar-refractivity contribution in [2.45, 2.75) is 26.3 Å². The average molecular weight is 378 g/mol. The van der Waals surface area contributed by atoms with E-state index in [2.05, 4.69) is 39.4 Å². The number of fused-ring (bicyclic) bond motifs is 2. The summed E-state index contributed by atoms with van der Waals surface area (Å²) < 4.78 is 17.9. The van der Waals surface area contributed by atoms with Gasteiger partial charge < -0.3 is 19.3 Å². The Labute approximate surface area is 160 Å². The lowest BCUT2D eigenvalue weighted by molar-refractivity contribution is 0.174. The Morgan fingerprint density at radius 1 is 1.11 bits per heavy atom. The van der Waals surface area contributed by atoms with Gasteiger partial charge in [0.1, 0.15) is 5.82 Å². The number of anilines is 1. The van der Waals surface area contributed by atoms with Crippen molar-refractivity contribution in [2.75, 3.05) is 12.1 Å². The number of hydrogen-bond acceptors (Lipinski definition) is 8. The van der Waals surface area contributed by atoms with E-state index in [9.17, 15) is 0 Å². The molecule has 4 aromatic rings. The molecule has 0 aliphatic carbocycles. The first-order valence-electron chi connectivity index (χ1n) is 8.98. The molecule has 9 nitrogen and oxygen atoms in total. The van der Waals surface area contributed by atoms with Crippen LogP contribution in [-0.4, -0.2) is 31.5 Å². The van der Waals surface area contributed by atoms with Gasteiger partial charge in [-0.2, -0.15) is 14.6 Å². The summed E-state index contributed by atoms with van der Waals surface area (Å²) in [5, 5.41) is 11.7. The topological polar surface area (TPSA) is 99.6 Å². The van der Waals surface area contributed by atoms with Gasteiger partial charge in [0.15, 0.2) is 23.0 Å². The maximum absolute atomic E-state index is 5.40. The van der Waals surface area contributed by atoms with Crippen molar-refractivity contribution >= 4 is 11.5 Å². The van der Waals surface area contributed by atoms with Gasteiger partial charge in [-0.1, -0.05) is 19.0 Å². The lowest BCUT2D eigenvalue weighted by atomic mass is 10.1. The third-order valence-electron chi connectivity index (χ3n) is 4.49. The summed E-state index contributed by atoms with van der Waals surface area (Å²) in [6.45, 7) is 4.83. The summed E-state index contributed by atoms with van der Waals surface area (Å²) in [7, 11) is 0. The van der Waals surface area contributed by atoms with E-state index in [1.165, 1.54) is 0 Å². The molecule has 5 rings (SSSR count). The molecule has 0 saturated heterocycles. The maximum atomic E-state index is 5.40. The molecule has 0 radical (unpaired) electrons. The third-order valence-corrected chi connectivity index (χ3v) is 4.49. The minimum Gasteiger partial charge on any atom is -0.454 e. The number of nitrogens with zero attached hydrogens (tertiary/aromatic N) is 5. The third kappa shape index (κ3) is 2.90. The molecule has 0 amide bonds. The molecule has 0 bridgehead atoms. The van der Waals surface area contributed by atoms with Crippen LogP contribution in [0.5, 0.6) is 11.5 Å². The Kier molecular flexibility index (Phi) is 3.85. The molecule has 0 fully saturated rings. The van der Waals surface area contributed by atoms with E-state index in [0.717, 1.165) is 22.7 Å². The predicted octanol–water partition coefficient (Wildman–Crippen LogP) is 3.24. The van der Waals surface area contributed by atoms with Gasteiger partial charge in [-0.05, 0) is 24.1 Å². The van der Waals surface area contributed by atoms with Crippen molar-refractivity contribution in [3.8, 4) is 23.0 Å². The first-order valence-corrected chi connectivity index (χ1v) is 8.98. The smallest absolute Gasteiger partial charge is 0.258 e. The summed E-state index contributed by atoms with van der Waals surface area (Å²) in [6, 6.07) is 9.40. The van der Waals surface area contributed by atoms with Crippen molar-refractivity contribution < 1.29 is 14.0 Å². The zero-order valence-corrected chi connectivity index (χ0v) is 15.4. The number of hydrogen-bond donors (Lipinski definition) is 1. The molecule has 1 aliphatic rings. The van der Waals surface area contributed by atoms with Crippen molar-refractivity contribution in [2.24, 2.45) is 0 Å². The molecule has 4 heterocycles. The zero-order chi connectivity index (χ0) is 19.1. The van der Waals surface area contributed by atoms with Gasteiger partial charge in [-0.15, -0.1) is 0 Å². The molecule has 142 valence electrons. The second-order valence-electron chi connectivity index (χ2n) is 6.76. The Morgan fingerprint density at radius 2 is 2.00 bits per heavy atom. The zero-order valence-electron chi connectivity index (χ0n) is 15.4. The summed E-state index contributed by atoms with van der Waals surface area (Å²) in [6.07, 6.45) is 1.73. The molecule has 0 spiro atoms. The van der Waals surface area contributed by atoms with E-state index in [-0.39, 0.29) is 6.79 Å². The number of ether oxygens (including phenoxy) is 2. The minimum absolute atomic E-state index is 0.226. The van der Waals surface area contributed by atoms with Crippen molar-refractivity contribution in [1.82, 2.24) is 24.7 Å². The predicted molar refractivity (Wildman–Crippen MR) is 100 cm³/mol. The van der Waals surface area contributed by atoms with Crippen LogP contribution in [0.1, 0.15) is 31.3 Å². The van der Waals surface area contributed by atoms with Crippen LogP contribution in [0.2, 0.25) is 0 Å². The highest BCUT2D eigenvalue weighted by atomic mass is 16.7. The van der Waals surface area contributed by atoms with Gasteiger partial charge in [0, 0.05) is 23.4 Å². The Morgan fingerprint density at radius 3 is 2.89 bits per heavy atom. The fraction of sp³-hybridized carbons (Fsp3) is 0.263. The molecule has 3 aromatic heterocycles. The number of rotatable bonds is 5. The molecule has 0 atom stereocenters. The summed E-state index contributed by atoms with van der Waals surface area (Å²) in [4.78, 5) is 9.08. The van der Waals surface area contributed by atoms with Crippen LogP contribution in [-0.2, 0) is 6.54 Å². The molecule has 1 aromatic carbocycles. The molecule has 0 unspecified atom stereocenters. The second-order valence-corrected chi connectivity index (χ2v) is 6.76. The monoisotopic (exact) mass is 378 g/mol. The largest absolute Gasteiger partial charge is 0.454 e. The first kappa shape index (κ1) is 16.5. The molecule has 1 aliphatic heterocycles. The van der Waals surface area contributed by atoms with Gasteiger partial charge in [0.25, 0.3) is 5.89 Å². The molecule has 1 N–H and O–H groups in total. The minimum atomic E-state index is 0.226. The van der Waals surface area contributed by atoms with Gasteiger partial charge in [-0.25, -0.2) is 4.98 Å². The molecule has 0 saturated carbocycles. The standard InChI is InChI=1S/C19H18N6O3/c1-11(2)13-8-18(25-17(22-13)5-6-21-25)20-9-16-23-19(28-24-16)12-3-4-14-15(7-12)27-10-26-14/h3-8,11,20H,9-10H2,1-2H3. The highest BCUT2D eigenvalue weighted by Crippen LogP contribution is 2.35. The van der Waals surface area contributed by atoms with Gasteiger partial charge >= 0.3 is 0 Å². The van der Waals surface area contributed by atoms with Crippen LogP contribution < -0.4 is 14.8 Å². The van der Waals surface area contributed by atoms with Crippen LogP contribution in [0.4, 0.5) is 5.82 Å². The molecular formula is C19H18N6O3. The quantitative estimate of drug-likeness (QED) is 0.565. The number of benzene rings is 1. The van der Waals surface area contributed by atoms with Gasteiger partial charge in [0.05, 0.1) is 12.7 Å². The molecule has 9 heteroatoms. The lowest BCUT2D eigenvalue weighted by Crippen LogP contribution is -2.09. The van der Waals surface area contributed by atoms with Crippen LogP contribution in [0, 0.1) is 0 Å². The van der Waals surface area contributed by atoms with E-state index in [1.807, 2.05) is 30.3 Å². The molecule has 28 heavy (non-hydrogen) atoms. The van der Waals surface area contributed by atoms with Crippen molar-refractivity contribution in [3.05, 3.63) is 48.0 Å². The van der Waals surface area contributed by atoms with Crippen molar-refractivity contribution in [1.29, 1.82) is 0 Å². The average Bonchev–Trinajstić information content (AvgIpc) is 3.44. The van der Waals surface area contributed by atoms with E-state index in [4.69, 9.17) is 14.0 Å². The van der Waals surface area contributed by atoms with E-state index >= 15 is 0 Å². The normalized spacial score (nSPS) is 12.8. The van der Waals surface area contributed by atoms with Crippen LogP contribution >= 0.6 is 0 Å². The molecular weight excluding hydrogens is 360 g/mol. The number of nitrogens with one attached hydrogen (secondary N) is 1. The van der Waals surface area contributed by atoms with E-state index in [1.54, 1.807) is 10.7 Å². The Bertz CT molecular complexity index is 1150. The van der Waals surface area contributed by atoms with Crippen molar-refractivity contribution in [3.63, 3.8) is 0 Å². The number of aromatic nitrogens is 5.